The third-order valence-corrected chi connectivity index (χ3v) is 3.60. The quantitative estimate of drug-likeness (QED) is 0.840. The van der Waals surface area contributed by atoms with Gasteiger partial charge in [0.15, 0.2) is 0 Å². The van der Waals surface area contributed by atoms with Crippen molar-refractivity contribution in [2.24, 2.45) is 0 Å². The lowest BCUT2D eigenvalue weighted by atomic mass is 10.0. The Kier molecular flexibility index (Phi) is 4.12. The standard InChI is InChI=1S/C14H13Cl2NO/c15-12-6-2-4-10(14(12)16)8-13(18)9-3-1-5-11(17)7-9/h1-7,13,18H,8,17H2. The Morgan fingerprint density at radius 2 is 1.83 bits per heavy atom. The summed E-state index contributed by atoms with van der Waals surface area (Å²) in [6.45, 7) is 0. The molecule has 0 aliphatic carbocycles. The topological polar surface area (TPSA) is 46.2 Å². The Morgan fingerprint density at radius 3 is 2.56 bits per heavy atom. The van der Waals surface area contributed by atoms with Gasteiger partial charge in [0.05, 0.1) is 16.1 Å². The summed E-state index contributed by atoms with van der Waals surface area (Å²) < 4.78 is 0. The fourth-order valence-electron chi connectivity index (χ4n) is 1.80. The highest BCUT2D eigenvalue weighted by Crippen LogP contribution is 2.29. The van der Waals surface area contributed by atoms with Crippen LogP contribution in [0, 0.1) is 0 Å². The molecular weight excluding hydrogens is 269 g/mol. The number of aliphatic hydroxyl groups is 1. The summed E-state index contributed by atoms with van der Waals surface area (Å²) >= 11 is 12.0. The Morgan fingerprint density at radius 1 is 1.11 bits per heavy atom. The molecular formula is C14H13Cl2NO. The SMILES string of the molecule is Nc1cccc(C(O)Cc2cccc(Cl)c2Cl)c1. The summed E-state index contributed by atoms with van der Waals surface area (Å²) in [6, 6.07) is 12.6. The molecule has 0 bridgehead atoms. The van der Waals surface area contributed by atoms with E-state index in [9.17, 15) is 5.11 Å². The summed E-state index contributed by atoms with van der Waals surface area (Å²) in [5.74, 6) is 0. The molecule has 1 unspecified atom stereocenters. The monoisotopic (exact) mass is 281 g/mol. The smallest absolute Gasteiger partial charge is 0.0831 e. The summed E-state index contributed by atoms with van der Waals surface area (Å²) in [7, 11) is 0. The lowest BCUT2D eigenvalue weighted by Gasteiger charge is -2.13. The number of hydrogen-bond donors (Lipinski definition) is 2. The summed E-state index contributed by atoms with van der Waals surface area (Å²) in [5.41, 5.74) is 7.90. The summed E-state index contributed by atoms with van der Waals surface area (Å²) in [6.07, 6.45) is -0.243. The molecule has 0 fully saturated rings. The largest absolute Gasteiger partial charge is 0.399 e. The first-order chi connectivity index (χ1) is 8.58. The lowest BCUT2D eigenvalue weighted by Crippen LogP contribution is -2.03. The van der Waals surface area contributed by atoms with Gasteiger partial charge in [-0.05, 0) is 29.3 Å². The normalized spacial score (nSPS) is 12.4. The zero-order valence-electron chi connectivity index (χ0n) is 9.61. The van der Waals surface area contributed by atoms with Crippen LogP contribution in [0.1, 0.15) is 17.2 Å². The molecule has 0 aliphatic rings. The molecule has 4 heteroatoms. The van der Waals surface area contributed by atoms with E-state index >= 15 is 0 Å². The van der Waals surface area contributed by atoms with Crippen molar-refractivity contribution < 1.29 is 5.11 Å². The average molecular weight is 282 g/mol. The van der Waals surface area contributed by atoms with Crippen LogP contribution in [-0.4, -0.2) is 5.11 Å². The molecule has 0 saturated carbocycles. The summed E-state index contributed by atoms with van der Waals surface area (Å²) in [4.78, 5) is 0. The van der Waals surface area contributed by atoms with Gasteiger partial charge in [-0.1, -0.05) is 47.5 Å². The molecule has 1 atom stereocenters. The van der Waals surface area contributed by atoms with Crippen molar-refractivity contribution >= 4 is 28.9 Å². The molecule has 94 valence electrons. The van der Waals surface area contributed by atoms with Crippen LogP contribution in [0.2, 0.25) is 10.0 Å². The van der Waals surface area contributed by atoms with Gasteiger partial charge in [-0.3, -0.25) is 0 Å². The van der Waals surface area contributed by atoms with Crippen molar-refractivity contribution in [1.29, 1.82) is 0 Å². The van der Waals surface area contributed by atoms with Gasteiger partial charge in [-0.2, -0.15) is 0 Å². The summed E-state index contributed by atoms with van der Waals surface area (Å²) in [5, 5.41) is 11.1. The van der Waals surface area contributed by atoms with E-state index in [2.05, 4.69) is 0 Å². The number of aliphatic hydroxyl groups excluding tert-OH is 1. The number of rotatable bonds is 3. The third-order valence-electron chi connectivity index (χ3n) is 2.74. The average Bonchev–Trinajstić information content (AvgIpc) is 2.35. The maximum atomic E-state index is 10.2. The maximum absolute atomic E-state index is 10.2. The van der Waals surface area contributed by atoms with E-state index in [1.165, 1.54) is 0 Å². The van der Waals surface area contributed by atoms with Gasteiger partial charge in [0.1, 0.15) is 0 Å². The van der Waals surface area contributed by atoms with Crippen LogP contribution in [0.4, 0.5) is 5.69 Å². The highest BCUT2D eigenvalue weighted by atomic mass is 35.5. The van der Waals surface area contributed by atoms with Crippen molar-refractivity contribution in [2.45, 2.75) is 12.5 Å². The number of halogens is 2. The molecule has 0 aromatic heterocycles. The molecule has 0 saturated heterocycles. The molecule has 18 heavy (non-hydrogen) atoms. The van der Waals surface area contributed by atoms with Crippen molar-refractivity contribution in [3.05, 3.63) is 63.6 Å². The van der Waals surface area contributed by atoms with Gasteiger partial charge < -0.3 is 10.8 Å². The maximum Gasteiger partial charge on any atom is 0.0831 e. The number of benzene rings is 2. The number of anilines is 1. The molecule has 2 nitrogen and oxygen atoms in total. The molecule has 2 aromatic carbocycles. The fraction of sp³-hybridized carbons (Fsp3) is 0.143. The molecule has 3 N–H and O–H groups in total. The van der Waals surface area contributed by atoms with E-state index in [0.29, 0.717) is 22.2 Å². The van der Waals surface area contributed by atoms with Crippen LogP contribution in [0.5, 0.6) is 0 Å². The minimum absolute atomic E-state index is 0.406. The van der Waals surface area contributed by atoms with Crippen LogP contribution in [0.25, 0.3) is 0 Å². The Balaban J connectivity index is 2.21. The van der Waals surface area contributed by atoms with E-state index in [-0.39, 0.29) is 0 Å². The van der Waals surface area contributed by atoms with E-state index in [1.807, 2.05) is 24.3 Å². The van der Waals surface area contributed by atoms with Gasteiger partial charge in [-0.25, -0.2) is 0 Å². The van der Waals surface area contributed by atoms with E-state index in [0.717, 1.165) is 11.1 Å². The molecule has 0 radical (unpaired) electrons. The zero-order chi connectivity index (χ0) is 13.1. The Labute approximate surface area is 116 Å². The van der Waals surface area contributed by atoms with Crippen molar-refractivity contribution in [1.82, 2.24) is 0 Å². The first-order valence-corrected chi connectivity index (χ1v) is 6.30. The van der Waals surface area contributed by atoms with Crippen LogP contribution in [0.3, 0.4) is 0 Å². The highest BCUT2D eigenvalue weighted by Gasteiger charge is 2.12. The molecule has 2 rings (SSSR count). The highest BCUT2D eigenvalue weighted by molar-refractivity contribution is 6.42. The molecule has 0 amide bonds. The van der Waals surface area contributed by atoms with E-state index < -0.39 is 6.10 Å². The first-order valence-electron chi connectivity index (χ1n) is 5.54. The van der Waals surface area contributed by atoms with Crippen molar-refractivity contribution in [3.63, 3.8) is 0 Å². The zero-order valence-corrected chi connectivity index (χ0v) is 11.1. The van der Waals surface area contributed by atoms with E-state index in [4.69, 9.17) is 28.9 Å². The van der Waals surface area contributed by atoms with Crippen LogP contribution in [0.15, 0.2) is 42.5 Å². The van der Waals surface area contributed by atoms with Crippen LogP contribution < -0.4 is 5.73 Å². The van der Waals surface area contributed by atoms with Crippen molar-refractivity contribution in [2.75, 3.05) is 5.73 Å². The second-order valence-corrected chi connectivity index (χ2v) is 4.89. The molecule has 0 heterocycles. The number of nitrogen functional groups attached to an aromatic ring is 1. The molecule has 0 aliphatic heterocycles. The predicted octanol–water partition coefficient (Wildman–Crippen LogP) is 3.85. The second kappa shape index (κ2) is 5.61. The van der Waals surface area contributed by atoms with Gasteiger partial charge in [-0.15, -0.1) is 0 Å². The van der Waals surface area contributed by atoms with Crippen molar-refractivity contribution in [3.8, 4) is 0 Å². The number of nitrogens with two attached hydrogens (primary N) is 1. The molecule has 0 spiro atoms. The third kappa shape index (κ3) is 2.96. The molecule has 2 aromatic rings. The van der Waals surface area contributed by atoms with Gasteiger partial charge in [0.25, 0.3) is 0 Å². The fourth-order valence-corrected chi connectivity index (χ4v) is 2.20. The minimum atomic E-state index is -0.649. The van der Waals surface area contributed by atoms with Gasteiger partial charge in [0.2, 0.25) is 0 Å². The predicted molar refractivity (Wildman–Crippen MR) is 76.0 cm³/mol. The van der Waals surface area contributed by atoms with Gasteiger partial charge >= 0.3 is 0 Å². The minimum Gasteiger partial charge on any atom is -0.399 e. The van der Waals surface area contributed by atoms with Crippen LogP contribution in [-0.2, 0) is 6.42 Å². The second-order valence-electron chi connectivity index (χ2n) is 4.10. The Hall–Kier alpha value is -1.22. The van der Waals surface area contributed by atoms with E-state index in [1.54, 1.807) is 18.2 Å². The van der Waals surface area contributed by atoms with Crippen LogP contribution >= 0.6 is 23.2 Å². The Bertz CT molecular complexity index is 557. The lowest BCUT2D eigenvalue weighted by molar-refractivity contribution is 0.178. The first kappa shape index (κ1) is 13.2. The number of hydrogen-bond acceptors (Lipinski definition) is 2. The van der Waals surface area contributed by atoms with Gasteiger partial charge in [0, 0.05) is 12.1 Å².